The molecule has 0 spiro atoms. The van der Waals surface area contributed by atoms with Gasteiger partial charge in [-0.1, -0.05) is 12.8 Å². The number of hydrogen-bond donors (Lipinski definition) is 1. The molecular formula is C13H18N4O4. The molecule has 1 N–H and O–H groups in total. The van der Waals surface area contributed by atoms with Crippen LogP contribution in [0.25, 0.3) is 0 Å². The number of imidazole rings is 1. The van der Waals surface area contributed by atoms with Gasteiger partial charge in [0.25, 0.3) is 0 Å². The molecule has 8 nitrogen and oxygen atoms in total. The normalized spacial score (nSPS) is 28.4. The number of rotatable bonds is 3. The number of carbonyl (C=O) groups is 1. The largest absolute Gasteiger partial charge is 0.480 e. The molecule has 0 amide bonds. The molecule has 3 atom stereocenters. The Kier molecular flexibility index (Phi) is 3.30. The van der Waals surface area contributed by atoms with Crippen molar-refractivity contribution < 1.29 is 14.8 Å². The van der Waals surface area contributed by atoms with E-state index in [1.54, 1.807) is 16.5 Å². The van der Waals surface area contributed by atoms with Gasteiger partial charge in [0.2, 0.25) is 12.1 Å². The minimum absolute atomic E-state index is 0.0638. The molecule has 114 valence electrons. The summed E-state index contributed by atoms with van der Waals surface area (Å²) in [4.78, 5) is 27.8. The second-order valence-corrected chi connectivity index (χ2v) is 5.87. The first-order valence-electron chi connectivity index (χ1n) is 7.17. The lowest BCUT2D eigenvalue weighted by atomic mass is 9.85. The van der Waals surface area contributed by atoms with E-state index in [4.69, 9.17) is 0 Å². The van der Waals surface area contributed by atoms with E-state index < -0.39 is 16.9 Å². The van der Waals surface area contributed by atoms with Gasteiger partial charge in [-0.25, -0.2) is 4.79 Å². The number of hydrogen-bond acceptors (Lipinski definition) is 5. The minimum Gasteiger partial charge on any atom is -0.480 e. The second kappa shape index (κ2) is 5.01. The van der Waals surface area contributed by atoms with Crippen LogP contribution in [0.15, 0.2) is 6.33 Å². The quantitative estimate of drug-likeness (QED) is 0.670. The lowest BCUT2D eigenvalue weighted by Crippen LogP contribution is -2.43. The van der Waals surface area contributed by atoms with Crippen LogP contribution in [-0.2, 0) is 11.8 Å². The van der Waals surface area contributed by atoms with Gasteiger partial charge in [0, 0.05) is 13.1 Å². The average Bonchev–Trinajstić information content (AvgIpc) is 2.99. The Labute approximate surface area is 121 Å². The van der Waals surface area contributed by atoms with E-state index in [0.717, 1.165) is 25.7 Å². The SMILES string of the molecule is Cn1cnc([N+](=O)[O-])c1N1C(C(=O)O)CC2CCCCC21. The summed E-state index contributed by atoms with van der Waals surface area (Å²) in [5.41, 5.74) is 0. The van der Waals surface area contributed by atoms with Gasteiger partial charge in [-0.15, -0.1) is 0 Å². The summed E-state index contributed by atoms with van der Waals surface area (Å²) < 4.78 is 1.56. The van der Waals surface area contributed by atoms with Gasteiger partial charge in [-0.05, 0) is 35.1 Å². The first-order valence-corrected chi connectivity index (χ1v) is 7.17. The highest BCUT2D eigenvalue weighted by Crippen LogP contribution is 2.44. The summed E-state index contributed by atoms with van der Waals surface area (Å²) in [5, 5.41) is 20.7. The molecule has 2 heterocycles. The summed E-state index contributed by atoms with van der Waals surface area (Å²) in [6.07, 6.45) is 5.96. The van der Waals surface area contributed by atoms with Crippen molar-refractivity contribution in [1.29, 1.82) is 0 Å². The van der Waals surface area contributed by atoms with E-state index in [1.807, 2.05) is 0 Å². The van der Waals surface area contributed by atoms with Crippen molar-refractivity contribution in [3.63, 3.8) is 0 Å². The zero-order valence-electron chi connectivity index (χ0n) is 11.8. The summed E-state index contributed by atoms with van der Waals surface area (Å²) in [7, 11) is 1.67. The topological polar surface area (TPSA) is 101 Å². The zero-order chi connectivity index (χ0) is 15.1. The summed E-state index contributed by atoms with van der Waals surface area (Å²) in [5.74, 6) is -0.550. The van der Waals surface area contributed by atoms with Gasteiger partial charge >= 0.3 is 11.8 Å². The molecule has 1 saturated heterocycles. The average molecular weight is 294 g/mol. The van der Waals surface area contributed by atoms with Crippen molar-refractivity contribution in [1.82, 2.24) is 9.55 Å². The molecule has 0 bridgehead atoms. The van der Waals surface area contributed by atoms with Gasteiger partial charge in [0.1, 0.15) is 6.04 Å². The van der Waals surface area contributed by atoms with Crippen LogP contribution in [0, 0.1) is 16.0 Å². The van der Waals surface area contributed by atoms with Crippen molar-refractivity contribution in [2.45, 2.75) is 44.2 Å². The fourth-order valence-corrected chi connectivity index (χ4v) is 3.82. The van der Waals surface area contributed by atoms with Crippen molar-refractivity contribution in [2.24, 2.45) is 13.0 Å². The molecule has 2 aliphatic rings. The Morgan fingerprint density at radius 2 is 2.19 bits per heavy atom. The highest BCUT2D eigenvalue weighted by Gasteiger charge is 2.48. The summed E-state index contributed by atoms with van der Waals surface area (Å²) >= 11 is 0. The van der Waals surface area contributed by atoms with E-state index in [2.05, 4.69) is 4.98 Å². The Balaban J connectivity index is 2.06. The molecule has 2 fully saturated rings. The Bertz CT molecular complexity index is 585. The van der Waals surface area contributed by atoms with Gasteiger partial charge in [0.15, 0.2) is 0 Å². The Morgan fingerprint density at radius 3 is 2.86 bits per heavy atom. The lowest BCUT2D eigenvalue weighted by Gasteiger charge is -2.33. The molecule has 8 heteroatoms. The fourth-order valence-electron chi connectivity index (χ4n) is 3.82. The molecular weight excluding hydrogens is 276 g/mol. The van der Waals surface area contributed by atoms with Gasteiger partial charge in [0.05, 0.1) is 0 Å². The number of anilines is 1. The van der Waals surface area contributed by atoms with Crippen molar-refractivity contribution in [3.05, 3.63) is 16.4 Å². The fraction of sp³-hybridized carbons (Fsp3) is 0.692. The number of nitrogens with zero attached hydrogens (tertiary/aromatic N) is 4. The lowest BCUT2D eigenvalue weighted by molar-refractivity contribution is -0.388. The monoisotopic (exact) mass is 294 g/mol. The number of carboxylic acids is 1. The van der Waals surface area contributed by atoms with Crippen molar-refractivity contribution >= 4 is 17.6 Å². The number of aromatic nitrogens is 2. The van der Waals surface area contributed by atoms with Crippen LogP contribution in [0.4, 0.5) is 11.6 Å². The van der Waals surface area contributed by atoms with E-state index in [9.17, 15) is 20.0 Å². The third kappa shape index (κ3) is 2.14. The Morgan fingerprint density at radius 1 is 1.48 bits per heavy atom. The smallest absolute Gasteiger partial charge is 0.406 e. The number of carboxylic acid groups (broad SMARTS) is 1. The van der Waals surface area contributed by atoms with Gasteiger partial charge in [-0.3, -0.25) is 4.57 Å². The molecule has 1 aromatic rings. The highest BCUT2D eigenvalue weighted by molar-refractivity contribution is 5.80. The standard InChI is InChI=1S/C13H18N4O4/c1-15-7-14-11(17(20)21)12(15)16-9-5-3-2-4-8(9)6-10(16)13(18)19/h7-10H,2-6H2,1H3,(H,18,19). The van der Waals surface area contributed by atoms with Crippen LogP contribution in [0.3, 0.4) is 0 Å². The predicted molar refractivity (Wildman–Crippen MR) is 74.1 cm³/mol. The molecule has 1 aliphatic carbocycles. The number of aliphatic carboxylic acids is 1. The third-order valence-electron chi connectivity index (χ3n) is 4.68. The first-order chi connectivity index (χ1) is 10.0. The predicted octanol–water partition coefficient (Wildman–Crippen LogP) is 1.55. The van der Waals surface area contributed by atoms with Crippen LogP contribution in [0.5, 0.6) is 0 Å². The van der Waals surface area contributed by atoms with E-state index in [-0.39, 0.29) is 11.9 Å². The van der Waals surface area contributed by atoms with Crippen LogP contribution in [0.1, 0.15) is 32.1 Å². The van der Waals surface area contributed by atoms with Gasteiger partial charge < -0.3 is 20.1 Å². The van der Waals surface area contributed by atoms with E-state index in [0.29, 0.717) is 18.2 Å². The molecule has 0 aromatic carbocycles. The number of fused-ring (bicyclic) bond motifs is 1. The van der Waals surface area contributed by atoms with Crippen LogP contribution in [-0.4, -0.2) is 37.6 Å². The van der Waals surface area contributed by atoms with Crippen molar-refractivity contribution in [3.8, 4) is 0 Å². The molecule has 3 rings (SSSR count). The second-order valence-electron chi connectivity index (χ2n) is 5.87. The maximum atomic E-state index is 11.6. The number of nitro groups is 1. The molecule has 1 aliphatic heterocycles. The van der Waals surface area contributed by atoms with Crippen LogP contribution < -0.4 is 4.90 Å². The maximum Gasteiger partial charge on any atom is 0.406 e. The summed E-state index contributed by atoms with van der Waals surface area (Å²) in [6.45, 7) is 0. The zero-order valence-corrected chi connectivity index (χ0v) is 11.8. The molecule has 3 unspecified atom stereocenters. The number of aryl methyl sites for hydroxylation is 1. The van der Waals surface area contributed by atoms with Crippen LogP contribution in [0.2, 0.25) is 0 Å². The molecule has 1 aromatic heterocycles. The Hall–Kier alpha value is -2.12. The third-order valence-corrected chi connectivity index (χ3v) is 4.68. The highest BCUT2D eigenvalue weighted by atomic mass is 16.6. The summed E-state index contributed by atoms with van der Waals surface area (Å²) in [6, 6.07) is -0.638. The van der Waals surface area contributed by atoms with Crippen LogP contribution >= 0.6 is 0 Å². The van der Waals surface area contributed by atoms with Crippen molar-refractivity contribution in [2.75, 3.05) is 4.90 Å². The minimum atomic E-state index is -0.917. The molecule has 21 heavy (non-hydrogen) atoms. The molecule has 0 radical (unpaired) electrons. The molecule has 1 saturated carbocycles. The maximum absolute atomic E-state index is 11.6. The van der Waals surface area contributed by atoms with E-state index >= 15 is 0 Å². The van der Waals surface area contributed by atoms with E-state index in [1.165, 1.54) is 6.33 Å². The van der Waals surface area contributed by atoms with Gasteiger partial charge in [-0.2, -0.15) is 0 Å². The first kappa shape index (κ1) is 13.8.